The van der Waals surface area contributed by atoms with E-state index in [4.69, 9.17) is 4.74 Å². The van der Waals surface area contributed by atoms with Crippen LogP contribution >= 0.6 is 0 Å². The van der Waals surface area contributed by atoms with Crippen LogP contribution in [0.2, 0.25) is 0 Å². The number of nitrogens with zero attached hydrogens (tertiary/aromatic N) is 2. The monoisotopic (exact) mass is 416 g/mol. The third-order valence-corrected chi connectivity index (χ3v) is 7.38. The second-order valence-corrected chi connectivity index (χ2v) is 9.27. The van der Waals surface area contributed by atoms with Crippen molar-refractivity contribution in [3.8, 4) is 0 Å². The summed E-state index contributed by atoms with van der Waals surface area (Å²) < 4.78 is 32.0. The number of benzene rings is 2. The molecule has 1 heterocycles. The summed E-state index contributed by atoms with van der Waals surface area (Å²) in [5, 5.41) is 0. The van der Waals surface area contributed by atoms with Crippen LogP contribution in [0.4, 0.5) is 5.69 Å². The molecule has 2 aromatic carbocycles. The van der Waals surface area contributed by atoms with Crippen molar-refractivity contribution < 1.29 is 17.9 Å². The number of sulfonamides is 1. The van der Waals surface area contributed by atoms with Crippen LogP contribution in [0, 0.1) is 13.8 Å². The van der Waals surface area contributed by atoms with Crippen molar-refractivity contribution in [2.24, 2.45) is 0 Å². The van der Waals surface area contributed by atoms with E-state index in [-0.39, 0.29) is 10.8 Å². The van der Waals surface area contributed by atoms with Gasteiger partial charge in [0.15, 0.2) is 0 Å². The molecule has 3 rings (SSSR count). The molecule has 0 bridgehead atoms. The van der Waals surface area contributed by atoms with Crippen molar-refractivity contribution in [2.45, 2.75) is 31.6 Å². The number of morpholine rings is 1. The SMILES string of the molecule is Cc1cccc(N(C)C(=O)CCc2ccc(S(=O)(=O)N3CCOCC3)cc2)c1C. The Morgan fingerprint density at radius 3 is 2.38 bits per heavy atom. The van der Waals surface area contributed by atoms with E-state index < -0.39 is 10.0 Å². The molecule has 1 amide bonds. The summed E-state index contributed by atoms with van der Waals surface area (Å²) in [5.41, 5.74) is 4.11. The number of aryl methyl sites for hydroxylation is 2. The molecule has 0 radical (unpaired) electrons. The van der Waals surface area contributed by atoms with E-state index in [9.17, 15) is 13.2 Å². The number of carbonyl (C=O) groups is 1. The lowest BCUT2D eigenvalue weighted by molar-refractivity contribution is -0.118. The molecule has 0 unspecified atom stereocenters. The minimum Gasteiger partial charge on any atom is -0.379 e. The minimum absolute atomic E-state index is 0.0312. The lowest BCUT2D eigenvalue weighted by Crippen LogP contribution is -2.40. The summed E-state index contributed by atoms with van der Waals surface area (Å²) in [7, 11) is -1.70. The molecule has 0 saturated carbocycles. The van der Waals surface area contributed by atoms with Crippen molar-refractivity contribution in [1.82, 2.24) is 4.31 Å². The molecule has 1 fully saturated rings. The Kier molecular flexibility index (Phi) is 6.72. The molecule has 0 aliphatic carbocycles. The predicted octanol–water partition coefficient (Wildman–Crippen LogP) is 2.92. The van der Waals surface area contributed by atoms with Gasteiger partial charge in [0.05, 0.1) is 18.1 Å². The Balaban J connectivity index is 1.62. The van der Waals surface area contributed by atoms with E-state index >= 15 is 0 Å². The van der Waals surface area contributed by atoms with Gasteiger partial charge in [-0.05, 0) is 55.2 Å². The summed E-state index contributed by atoms with van der Waals surface area (Å²) in [4.78, 5) is 14.6. The first-order valence-electron chi connectivity index (χ1n) is 9.80. The molecule has 0 spiro atoms. The highest BCUT2D eigenvalue weighted by Gasteiger charge is 2.26. The average Bonchev–Trinajstić information content (AvgIpc) is 2.74. The lowest BCUT2D eigenvalue weighted by atomic mass is 10.1. The molecule has 6 nitrogen and oxygen atoms in total. The highest BCUT2D eigenvalue weighted by atomic mass is 32.2. The van der Waals surface area contributed by atoms with Gasteiger partial charge in [-0.2, -0.15) is 4.31 Å². The molecule has 0 N–H and O–H groups in total. The molecule has 29 heavy (non-hydrogen) atoms. The maximum Gasteiger partial charge on any atom is 0.243 e. The van der Waals surface area contributed by atoms with Crippen molar-refractivity contribution in [1.29, 1.82) is 0 Å². The van der Waals surface area contributed by atoms with Crippen LogP contribution < -0.4 is 4.90 Å². The summed E-state index contributed by atoms with van der Waals surface area (Å²) in [6, 6.07) is 12.8. The first-order valence-corrected chi connectivity index (χ1v) is 11.2. The zero-order valence-electron chi connectivity index (χ0n) is 17.2. The maximum absolute atomic E-state index is 12.7. The van der Waals surface area contributed by atoms with Crippen molar-refractivity contribution >= 4 is 21.6 Å². The molecule has 2 aromatic rings. The van der Waals surface area contributed by atoms with Crippen LogP contribution in [-0.2, 0) is 26.0 Å². The van der Waals surface area contributed by atoms with Gasteiger partial charge in [0.1, 0.15) is 0 Å². The Hall–Kier alpha value is -2.22. The zero-order valence-corrected chi connectivity index (χ0v) is 18.0. The van der Waals surface area contributed by atoms with E-state index in [1.54, 1.807) is 36.2 Å². The second kappa shape index (κ2) is 9.07. The second-order valence-electron chi connectivity index (χ2n) is 7.33. The largest absolute Gasteiger partial charge is 0.379 e. The standard InChI is InChI=1S/C22H28N2O4S/c1-17-5-4-6-21(18(17)2)23(3)22(25)12-9-19-7-10-20(11-8-19)29(26,27)24-13-15-28-16-14-24/h4-8,10-11H,9,12-16H2,1-3H3. The number of anilines is 1. The normalized spacial score (nSPS) is 15.3. The summed E-state index contributed by atoms with van der Waals surface area (Å²) >= 11 is 0. The van der Waals surface area contributed by atoms with Crippen LogP contribution in [0.15, 0.2) is 47.4 Å². The van der Waals surface area contributed by atoms with Crippen molar-refractivity contribution in [2.75, 3.05) is 38.3 Å². The molecule has 1 aliphatic heterocycles. The number of carbonyl (C=O) groups excluding carboxylic acids is 1. The highest BCUT2D eigenvalue weighted by molar-refractivity contribution is 7.89. The van der Waals surface area contributed by atoms with Gasteiger partial charge >= 0.3 is 0 Å². The molecular weight excluding hydrogens is 388 g/mol. The fourth-order valence-corrected chi connectivity index (χ4v) is 4.82. The fraction of sp³-hybridized carbons (Fsp3) is 0.409. The fourth-order valence-electron chi connectivity index (χ4n) is 3.42. The molecule has 7 heteroatoms. The third kappa shape index (κ3) is 4.86. The predicted molar refractivity (Wildman–Crippen MR) is 114 cm³/mol. The van der Waals surface area contributed by atoms with Gasteiger partial charge in [0.25, 0.3) is 0 Å². The number of hydrogen-bond acceptors (Lipinski definition) is 4. The van der Waals surface area contributed by atoms with E-state index in [2.05, 4.69) is 0 Å². The van der Waals surface area contributed by atoms with Gasteiger partial charge in [-0.1, -0.05) is 24.3 Å². The van der Waals surface area contributed by atoms with Crippen molar-refractivity contribution in [3.63, 3.8) is 0 Å². The Bertz CT molecular complexity index is 965. The molecule has 0 aromatic heterocycles. The van der Waals surface area contributed by atoms with Gasteiger partial charge in [-0.25, -0.2) is 8.42 Å². The zero-order chi connectivity index (χ0) is 21.0. The van der Waals surface area contributed by atoms with Gasteiger partial charge in [-0.3, -0.25) is 4.79 Å². The smallest absolute Gasteiger partial charge is 0.243 e. The maximum atomic E-state index is 12.7. The van der Waals surface area contributed by atoms with Crippen molar-refractivity contribution in [3.05, 3.63) is 59.2 Å². The summed E-state index contributed by atoms with van der Waals surface area (Å²) in [6.45, 7) is 5.65. The van der Waals surface area contributed by atoms with Crippen LogP contribution in [0.25, 0.3) is 0 Å². The summed E-state index contributed by atoms with van der Waals surface area (Å²) in [5.74, 6) is 0.0312. The molecule has 1 aliphatic rings. The van der Waals surface area contributed by atoms with Crippen LogP contribution in [0.3, 0.4) is 0 Å². The Morgan fingerprint density at radius 2 is 1.72 bits per heavy atom. The third-order valence-electron chi connectivity index (χ3n) is 5.47. The van der Waals surface area contributed by atoms with Gasteiger partial charge in [-0.15, -0.1) is 0 Å². The number of hydrogen-bond donors (Lipinski definition) is 0. The van der Waals surface area contributed by atoms with Gasteiger partial charge in [0, 0.05) is 32.2 Å². The van der Waals surface area contributed by atoms with E-state index in [0.717, 1.165) is 22.4 Å². The first-order chi connectivity index (χ1) is 13.8. The quantitative estimate of drug-likeness (QED) is 0.726. The van der Waals surface area contributed by atoms with E-state index in [1.165, 1.54) is 4.31 Å². The summed E-state index contributed by atoms with van der Waals surface area (Å²) in [6.07, 6.45) is 0.922. The topological polar surface area (TPSA) is 66.9 Å². The first kappa shape index (κ1) is 21.5. The lowest BCUT2D eigenvalue weighted by Gasteiger charge is -2.26. The molecule has 156 valence electrons. The van der Waals surface area contributed by atoms with Crippen LogP contribution in [-0.4, -0.2) is 52.0 Å². The molecular formula is C22H28N2O4S. The van der Waals surface area contributed by atoms with E-state index in [0.29, 0.717) is 39.1 Å². The van der Waals surface area contributed by atoms with Gasteiger partial charge in [0.2, 0.25) is 15.9 Å². The van der Waals surface area contributed by atoms with Crippen LogP contribution in [0.1, 0.15) is 23.1 Å². The van der Waals surface area contributed by atoms with Gasteiger partial charge < -0.3 is 9.64 Å². The minimum atomic E-state index is -3.49. The average molecular weight is 417 g/mol. The number of amides is 1. The Morgan fingerprint density at radius 1 is 1.07 bits per heavy atom. The Labute approximate surface area is 173 Å². The molecule has 1 saturated heterocycles. The van der Waals surface area contributed by atoms with Crippen LogP contribution in [0.5, 0.6) is 0 Å². The van der Waals surface area contributed by atoms with E-state index in [1.807, 2.05) is 32.0 Å². The molecule has 0 atom stereocenters. The highest BCUT2D eigenvalue weighted by Crippen LogP contribution is 2.23. The number of rotatable bonds is 6. The number of ether oxygens (including phenoxy) is 1.